The van der Waals surface area contributed by atoms with Crippen molar-refractivity contribution in [2.24, 2.45) is 0 Å². The zero-order valence-corrected chi connectivity index (χ0v) is 13.8. The van der Waals surface area contributed by atoms with Crippen molar-refractivity contribution in [2.45, 2.75) is 18.2 Å². The van der Waals surface area contributed by atoms with Gasteiger partial charge in [0.15, 0.2) is 0 Å². The summed E-state index contributed by atoms with van der Waals surface area (Å²) >= 11 is 5.99. The summed E-state index contributed by atoms with van der Waals surface area (Å²) in [6, 6.07) is 12.5. The summed E-state index contributed by atoms with van der Waals surface area (Å²) in [6.07, 6.45) is 0.129. The zero-order valence-electron chi connectivity index (χ0n) is 12.2. The molecule has 0 bridgehead atoms. The first-order valence-electron chi connectivity index (χ1n) is 6.62. The van der Waals surface area contributed by atoms with Gasteiger partial charge in [0.25, 0.3) is 10.0 Å². The average Bonchev–Trinajstić information content (AvgIpc) is 2.48. The predicted octanol–water partition coefficient (Wildman–Crippen LogP) is 3.14. The lowest BCUT2D eigenvalue weighted by atomic mass is 10.1. The number of benzene rings is 2. The predicted molar refractivity (Wildman–Crippen MR) is 87.8 cm³/mol. The smallest absolute Gasteiger partial charge is 0.263 e. The van der Waals surface area contributed by atoms with Gasteiger partial charge in [-0.1, -0.05) is 23.7 Å². The molecule has 7 heteroatoms. The van der Waals surface area contributed by atoms with E-state index in [9.17, 15) is 13.2 Å². The van der Waals surface area contributed by atoms with Crippen LogP contribution in [0.1, 0.15) is 18.1 Å². The van der Waals surface area contributed by atoms with Gasteiger partial charge >= 0.3 is 0 Å². The number of hydrogen-bond acceptors (Lipinski definition) is 4. The largest absolute Gasteiger partial charge is 0.300 e. The summed E-state index contributed by atoms with van der Waals surface area (Å²) in [5.41, 5.74) is 1.16. The molecule has 0 aliphatic heterocycles. The van der Waals surface area contributed by atoms with Gasteiger partial charge in [-0.25, -0.2) is 8.42 Å². The van der Waals surface area contributed by atoms with Crippen molar-refractivity contribution in [3.8, 4) is 6.07 Å². The summed E-state index contributed by atoms with van der Waals surface area (Å²) in [4.78, 5) is 11.1. The third-order valence-corrected chi connectivity index (χ3v) is 4.84. The number of carbonyl (C=O) groups is 1. The Balaban J connectivity index is 2.39. The van der Waals surface area contributed by atoms with Crippen LogP contribution in [0.15, 0.2) is 47.4 Å². The number of nitrogens with zero attached hydrogens (tertiary/aromatic N) is 1. The highest BCUT2D eigenvalue weighted by atomic mass is 35.5. The van der Waals surface area contributed by atoms with Crippen molar-refractivity contribution in [3.05, 3.63) is 58.6 Å². The Morgan fingerprint density at radius 3 is 2.65 bits per heavy atom. The third-order valence-electron chi connectivity index (χ3n) is 2.98. The molecule has 0 saturated carbocycles. The third kappa shape index (κ3) is 4.31. The van der Waals surface area contributed by atoms with Gasteiger partial charge in [0.05, 0.1) is 22.3 Å². The van der Waals surface area contributed by atoms with E-state index in [0.717, 1.165) is 0 Å². The first-order chi connectivity index (χ1) is 10.8. The van der Waals surface area contributed by atoms with Crippen LogP contribution in [-0.4, -0.2) is 14.2 Å². The Kier molecular flexibility index (Phi) is 5.04. The zero-order chi connectivity index (χ0) is 17.0. The van der Waals surface area contributed by atoms with E-state index < -0.39 is 10.0 Å². The molecule has 118 valence electrons. The Morgan fingerprint density at radius 2 is 2.00 bits per heavy atom. The van der Waals surface area contributed by atoms with Gasteiger partial charge in [0, 0.05) is 6.42 Å². The van der Waals surface area contributed by atoms with Crippen LogP contribution in [0.4, 0.5) is 5.69 Å². The highest BCUT2D eigenvalue weighted by Gasteiger charge is 2.19. The van der Waals surface area contributed by atoms with Gasteiger partial charge in [-0.2, -0.15) is 5.26 Å². The lowest BCUT2D eigenvalue weighted by molar-refractivity contribution is -0.116. The van der Waals surface area contributed by atoms with E-state index in [1.807, 2.05) is 6.07 Å². The van der Waals surface area contributed by atoms with Gasteiger partial charge in [0.2, 0.25) is 0 Å². The number of carbonyl (C=O) groups excluding carboxylic acids is 1. The molecule has 0 amide bonds. The van der Waals surface area contributed by atoms with Crippen LogP contribution in [0.5, 0.6) is 0 Å². The Labute approximate surface area is 139 Å². The number of anilines is 1. The number of sulfonamides is 1. The summed E-state index contributed by atoms with van der Waals surface area (Å²) < 4.78 is 27.4. The molecule has 1 N–H and O–H groups in total. The molecular weight excluding hydrogens is 336 g/mol. The number of ketones is 1. The molecule has 0 aliphatic rings. The first kappa shape index (κ1) is 17.0. The highest BCUT2D eigenvalue weighted by Crippen LogP contribution is 2.25. The number of hydrogen-bond donors (Lipinski definition) is 1. The fourth-order valence-corrected chi connectivity index (χ4v) is 3.61. The van der Waals surface area contributed by atoms with E-state index in [1.54, 1.807) is 18.2 Å². The van der Waals surface area contributed by atoms with Crippen LogP contribution < -0.4 is 4.72 Å². The van der Waals surface area contributed by atoms with Crippen molar-refractivity contribution >= 4 is 33.1 Å². The van der Waals surface area contributed by atoms with E-state index in [0.29, 0.717) is 11.1 Å². The minimum Gasteiger partial charge on any atom is -0.300 e. The van der Waals surface area contributed by atoms with Gasteiger partial charge in [0.1, 0.15) is 10.7 Å². The van der Waals surface area contributed by atoms with Crippen LogP contribution in [0.25, 0.3) is 0 Å². The van der Waals surface area contributed by atoms with Gasteiger partial charge in [-0.05, 0) is 42.8 Å². The molecule has 0 aromatic heterocycles. The Hall–Kier alpha value is -2.36. The minimum absolute atomic E-state index is 0.0567. The van der Waals surface area contributed by atoms with Crippen LogP contribution in [0.3, 0.4) is 0 Å². The van der Waals surface area contributed by atoms with E-state index in [2.05, 4.69) is 4.72 Å². The van der Waals surface area contributed by atoms with Gasteiger partial charge < -0.3 is 0 Å². The summed E-state index contributed by atoms with van der Waals surface area (Å²) in [7, 11) is -3.93. The van der Waals surface area contributed by atoms with Gasteiger partial charge in [-0.3, -0.25) is 9.52 Å². The molecule has 2 rings (SSSR count). The molecule has 0 saturated heterocycles. The average molecular weight is 349 g/mol. The molecule has 0 unspecified atom stereocenters. The minimum atomic E-state index is -3.93. The number of rotatable bonds is 5. The number of nitriles is 1. The monoisotopic (exact) mass is 348 g/mol. The first-order valence-corrected chi connectivity index (χ1v) is 8.49. The Bertz CT molecular complexity index is 902. The highest BCUT2D eigenvalue weighted by molar-refractivity contribution is 7.92. The molecule has 2 aromatic carbocycles. The fraction of sp³-hybridized carbons (Fsp3) is 0.125. The molecule has 23 heavy (non-hydrogen) atoms. The maximum absolute atomic E-state index is 12.5. The standard InChI is InChI=1S/C16H13ClN2O3S/c1-11(20)7-12-5-6-15(17)16(9-12)23(21,22)19-14-4-2-3-13(8-14)10-18/h2-6,8-9,19H,7H2,1H3. The molecule has 0 heterocycles. The van der Waals surface area contributed by atoms with Crippen LogP contribution >= 0.6 is 11.6 Å². The number of halogens is 1. The SMILES string of the molecule is CC(=O)Cc1ccc(Cl)c(S(=O)(=O)Nc2cccc(C#N)c2)c1. The summed E-state index contributed by atoms with van der Waals surface area (Å²) in [5, 5.41) is 8.92. The molecule has 0 atom stereocenters. The molecule has 0 radical (unpaired) electrons. The molecule has 5 nitrogen and oxygen atoms in total. The molecule has 0 spiro atoms. The van der Waals surface area contributed by atoms with Crippen molar-refractivity contribution < 1.29 is 13.2 Å². The second-order valence-corrected chi connectivity index (χ2v) is 7.00. The van der Waals surface area contributed by atoms with Crippen LogP contribution in [0.2, 0.25) is 5.02 Å². The van der Waals surface area contributed by atoms with Crippen molar-refractivity contribution in [1.29, 1.82) is 5.26 Å². The normalized spacial score (nSPS) is 10.8. The van der Waals surface area contributed by atoms with Gasteiger partial charge in [-0.15, -0.1) is 0 Å². The lowest BCUT2D eigenvalue weighted by Gasteiger charge is -2.11. The maximum Gasteiger partial charge on any atom is 0.263 e. The second kappa shape index (κ2) is 6.82. The van der Waals surface area contributed by atoms with Crippen LogP contribution in [-0.2, 0) is 21.2 Å². The Morgan fingerprint density at radius 1 is 1.26 bits per heavy atom. The molecule has 0 aliphatic carbocycles. The van der Waals surface area contributed by atoms with Crippen molar-refractivity contribution in [3.63, 3.8) is 0 Å². The fourth-order valence-electron chi connectivity index (χ4n) is 2.01. The quantitative estimate of drug-likeness (QED) is 0.899. The van der Waals surface area contributed by atoms with E-state index >= 15 is 0 Å². The molecule has 0 fully saturated rings. The van der Waals surface area contributed by atoms with Crippen LogP contribution in [0, 0.1) is 11.3 Å². The number of Topliss-reactive ketones (excluding diaryl/α,β-unsaturated/α-hetero) is 1. The van der Waals surface area contributed by atoms with E-state index in [1.165, 1.54) is 31.2 Å². The van der Waals surface area contributed by atoms with Crippen molar-refractivity contribution in [1.82, 2.24) is 0 Å². The number of nitrogens with one attached hydrogen (secondary N) is 1. The topological polar surface area (TPSA) is 87.0 Å². The van der Waals surface area contributed by atoms with Crippen molar-refractivity contribution in [2.75, 3.05) is 4.72 Å². The second-order valence-electron chi connectivity index (χ2n) is 4.94. The molecular formula is C16H13ClN2O3S. The summed E-state index contributed by atoms with van der Waals surface area (Å²) in [5.74, 6) is -0.0784. The maximum atomic E-state index is 12.5. The van der Waals surface area contributed by atoms with E-state index in [4.69, 9.17) is 16.9 Å². The summed E-state index contributed by atoms with van der Waals surface area (Å²) in [6.45, 7) is 1.43. The lowest BCUT2D eigenvalue weighted by Crippen LogP contribution is -2.14. The van der Waals surface area contributed by atoms with E-state index in [-0.39, 0.29) is 27.8 Å². The molecule has 2 aromatic rings.